The van der Waals surface area contributed by atoms with E-state index in [0.29, 0.717) is 0 Å². The van der Waals surface area contributed by atoms with Crippen LogP contribution in [-0.4, -0.2) is 44.1 Å². The molecule has 2 amide bonds. The predicted octanol–water partition coefficient (Wildman–Crippen LogP) is 2.65. The molecule has 0 heterocycles. The largest absolute Gasteiger partial charge is 0.446 e. The van der Waals surface area contributed by atoms with E-state index in [1.165, 1.54) is 24.3 Å². The number of amides is 2. The smallest absolute Gasteiger partial charge is 0.341 e. The fourth-order valence-corrected chi connectivity index (χ4v) is 4.72. The summed E-state index contributed by atoms with van der Waals surface area (Å²) in [4.78, 5) is 24.6. The highest BCUT2D eigenvalue weighted by Gasteiger charge is 2.30. The molecule has 0 aliphatic heterocycles. The molecular formula is C20H18F3N3O4S2. The highest BCUT2D eigenvalue weighted by molar-refractivity contribution is 8.00. The Labute approximate surface area is 186 Å². The summed E-state index contributed by atoms with van der Waals surface area (Å²) in [6.45, 7) is -0.380. The fourth-order valence-electron chi connectivity index (χ4n) is 2.62. The molecule has 2 N–H and O–H groups in total. The van der Waals surface area contributed by atoms with Gasteiger partial charge in [-0.3, -0.25) is 9.59 Å². The van der Waals surface area contributed by atoms with Gasteiger partial charge in [-0.15, -0.1) is 0 Å². The molecule has 7 nitrogen and oxygen atoms in total. The van der Waals surface area contributed by atoms with E-state index in [1.807, 2.05) is 0 Å². The number of nitriles is 1. The van der Waals surface area contributed by atoms with Gasteiger partial charge in [0.25, 0.3) is 5.91 Å². The molecule has 0 aromatic heterocycles. The standard InChI is InChI=1S/C20H18F3N3O4S2/c21-20(22,23)31-16-8-6-14(7-9-16)12-32(29,30)13-17(19(28)25-11-10-24)26-18(27)15-4-2-1-3-5-15/h1-9,17H,11-13H2,(H,25,28)(H,26,27)/t17-/m0/s1. The molecule has 2 aromatic rings. The van der Waals surface area contributed by atoms with Crippen molar-refractivity contribution in [3.8, 4) is 6.07 Å². The number of hydrogen-bond donors (Lipinski definition) is 2. The molecule has 1 atom stereocenters. The summed E-state index contributed by atoms with van der Waals surface area (Å²) in [5, 5.41) is 13.2. The molecule has 0 fully saturated rings. The molecule has 170 valence electrons. The summed E-state index contributed by atoms with van der Waals surface area (Å²) in [5.74, 6) is -2.84. The molecule has 0 spiro atoms. The van der Waals surface area contributed by atoms with Crippen LogP contribution >= 0.6 is 11.8 Å². The molecule has 2 aromatic carbocycles. The minimum atomic E-state index is -4.46. The van der Waals surface area contributed by atoms with Crippen LogP contribution in [0.5, 0.6) is 0 Å². The van der Waals surface area contributed by atoms with Crippen molar-refractivity contribution in [1.82, 2.24) is 10.6 Å². The normalized spacial score (nSPS) is 12.4. The summed E-state index contributed by atoms with van der Waals surface area (Å²) >= 11 is -0.322. The van der Waals surface area contributed by atoms with Crippen LogP contribution in [-0.2, 0) is 20.4 Å². The zero-order valence-electron chi connectivity index (χ0n) is 16.4. The zero-order chi connectivity index (χ0) is 23.8. The van der Waals surface area contributed by atoms with Gasteiger partial charge in [0.2, 0.25) is 5.91 Å². The summed E-state index contributed by atoms with van der Waals surface area (Å²) in [6.07, 6.45) is 0. The van der Waals surface area contributed by atoms with Crippen molar-refractivity contribution in [3.63, 3.8) is 0 Å². The minimum Gasteiger partial charge on any atom is -0.341 e. The third-order valence-corrected chi connectivity index (χ3v) is 6.32. The topological polar surface area (TPSA) is 116 Å². The molecule has 0 radical (unpaired) electrons. The van der Waals surface area contributed by atoms with E-state index in [2.05, 4.69) is 10.6 Å². The third-order valence-electron chi connectivity index (χ3n) is 3.96. The van der Waals surface area contributed by atoms with Crippen molar-refractivity contribution in [2.75, 3.05) is 12.3 Å². The number of halogens is 3. The number of benzene rings is 2. The quantitative estimate of drug-likeness (QED) is 0.417. The van der Waals surface area contributed by atoms with E-state index < -0.39 is 44.7 Å². The first-order valence-electron chi connectivity index (χ1n) is 9.05. The average Bonchev–Trinajstić information content (AvgIpc) is 2.72. The van der Waals surface area contributed by atoms with Crippen LogP contribution in [0.4, 0.5) is 13.2 Å². The third kappa shape index (κ3) is 8.60. The molecule has 0 aliphatic rings. The van der Waals surface area contributed by atoms with Gasteiger partial charge < -0.3 is 10.6 Å². The van der Waals surface area contributed by atoms with Crippen LogP contribution in [0.15, 0.2) is 59.5 Å². The molecule has 0 aliphatic carbocycles. The van der Waals surface area contributed by atoms with Gasteiger partial charge in [0, 0.05) is 10.5 Å². The fraction of sp³-hybridized carbons (Fsp3) is 0.250. The Bertz CT molecular complexity index is 1080. The number of sulfone groups is 1. The van der Waals surface area contributed by atoms with Crippen LogP contribution < -0.4 is 10.6 Å². The highest BCUT2D eigenvalue weighted by atomic mass is 32.2. The number of rotatable bonds is 9. The Balaban J connectivity index is 2.13. The second-order valence-electron chi connectivity index (χ2n) is 6.51. The van der Waals surface area contributed by atoms with E-state index in [-0.39, 0.29) is 34.3 Å². The Morgan fingerprint density at radius 1 is 1.06 bits per heavy atom. The van der Waals surface area contributed by atoms with Crippen molar-refractivity contribution >= 4 is 33.4 Å². The number of carbonyl (C=O) groups is 2. The molecular weight excluding hydrogens is 467 g/mol. The lowest BCUT2D eigenvalue weighted by atomic mass is 10.2. The first-order valence-corrected chi connectivity index (χ1v) is 11.7. The monoisotopic (exact) mass is 485 g/mol. The lowest BCUT2D eigenvalue weighted by Gasteiger charge is -2.18. The molecule has 0 unspecified atom stereocenters. The number of thioether (sulfide) groups is 1. The number of alkyl halides is 3. The number of nitrogens with zero attached hydrogens (tertiary/aromatic N) is 1. The minimum absolute atomic E-state index is 0.0949. The van der Waals surface area contributed by atoms with Crippen molar-refractivity contribution in [3.05, 3.63) is 65.7 Å². The molecule has 32 heavy (non-hydrogen) atoms. The molecule has 12 heteroatoms. The Hall–Kier alpha value is -3.04. The van der Waals surface area contributed by atoms with Gasteiger partial charge in [-0.25, -0.2) is 8.42 Å². The van der Waals surface area contributed by atoms with Crippen LogP contribution in [0.25, 0.3) is 0 Å². The maximum absolute atomic E-state index is 12.6. The van der Waals surface area contributed by atoms with Crippen molar-refractivity contribution in [2.45, 2.75) is 22.2 Å². The number of carbonyl (C=O) groups excluding carboxylic acids is 2. The first-order chi connectivity index (χ1) is 15.0. The van der Waals surface area contributed by atoms with Gasteiger partial charge in [0.15, 0.2) is 9.84 Å². The van der Waals surface area contributed by atoms with Crippen LogP contribution in [0.2, 0.25) is 0 Å². The zero-order valence-corrected chi connectivity index (χ0v) is 18.1. The van der Waals surface area contributed by atoms with Crippen molar-refractivity contribution in [2.24, 2.45) is 0 Å². The van der Waals surface area contributed by atoms with Gasteiger partial charge in [0.05, 0.1) is 17.6 Å². The SMILES string of the molecule is N#CCNC(=O)[C@H](CS(=O)(=O)Cc1ccc(SC(F)(F)F)cc1)NC(=O)c1ccccc1. The highest BCUT2D eigenvalue weighted by Crippen LogP contribution is 2.36. The summed E-state index contributed by atoms with van der Waals surface area (Å²) in [5.41, 5.74) is -4.03. The Morgan fingerprint density at radius 3 is 2.25 bits per heavy atom. The summed E-state index contributed by atoms with van der Waals surface area (Å²) in [6, 6.07) is 12.8. The first kappa shape index (κ1) is 25.2. The van der Waals surface area contributed by atoms with Gasteiger partial charge >= 0.3 is 5.51 Å². The van der Waals surface area contributed by atoms with Gasteiger partial charge in [-0.1, -0.05) is 30.3 Å². The summed E-state index contributed by atoms with van der Waals surface area (Å²) < 4.78 is 62.5. The van der Waals surface area contributed by atoms with Crippen LogP contribution in [0, 0.1) is 11.3 Å². The van der Waals surface area contributed by atoms with Gasteiger partial charge in [0.1, 0.15) is 12.6 Å². The van der Waals surface area contributed by atoms with Gasteiger partial charge in [-0.05, 0) is 41.6 Å². The van der Waals surface area contributed by atoms with Crippen molar-refractivity contribution < 1.29 is 31.2 Å². The number of nitrogens with one attached hydrogen (secondary N) is 2. The molecule has 0 bridgehead atoms. The Morgan fingerprint density at radius 2 is 1.69 bits per heavy atom. The van der Waals surface area contributed by atoms with Crippen molar-refractivity contribution in [1.29, 1.82) is 5.26 Å². The van der Waals surface area contributed by atoms with Gasteiger partial charge in [-0.2, -0.15) is 18.4 Å². The maximum Gasteiger partial charge on any atom is 0.446 e. The maximum atomic E-state index is 12.6. The predicted molar refractivity (Wildman–Crippen MR) is 112 cm³/mol. The van der Waals surface area contributed by atoms with Crippen LogP contribution in [0.1, 0.15) is 15.9 Å². The average molecular weight is 486 g/mol. The molecule has 0 saturated carbocycles. The van der Waals surface area contributed by atoms with Crippen LogP contribution in [0.3, 0.4) is 0 Å². The van der Waals surface area contributed by atoms with E-state index >= 15 is 0 Å². The second-order valence-corrected chi connectivity index (χ2v) is 9.76. The molecule has 0 saturated heterocycles. The molecule has 2 rings (SSSR count). The summed E-state index contributed by atoms with van der Waals surface area (Å²) in [7, 11) is -3.97. The van der Waals surface area contributed by atoms with E-state index in [0.717, 1.165) is 12.1 Å². The number of hydrogen-bond acceptors (Lipinski definition) is 6. The van der Waals surface area contributed by atoms with E-state index in [1.54, 1.807) is 24.3 Å². The Kier molecular flexibility index (Phi) is 8.68. The lowest BCUT2D eigenvalue weighted by Crippen LogP contribution is -2.50. The van der Waals surface area contributed by atoms with E-state index in [4.69, 9.17) is 5.26 Å². The second kappa shape index (κ2) is 11.0. The van der Waals surface area contributed by atoms with E-state index in [9.17, 15) is 31.2 Å². The lowest BCUT2D eigenvalue weighted by molar-refractivity contribution is -0.122.